The molecular weight excluding hydrogens is 290 g/mol. The molecule has 23 heavy (non-hydrogen) atoms. The number of likely N-dealkylation sites (tertiary alicyclic amines) is 2. The Labute approximate surface area is 138 Å². The molecule has 0 aromatic heterocycles. The minimum absolute atomic E-state index is 0.188. The molecule has 0 spiro atoms. The highest BCUT2D eigenvalue weighted by molar-refractivity contribution is 5.98. The van der Waals surface area contributed by atoms with E-state index in [1.165, 1.54) is 38.5 Å². The number of ether oxygens (including phenoxy) is 1. The molecule has 5 nitrogen and oxygen atoms in total. The Kier molecular flexibility index (Phi) is 4.90. The zero-order valence-electron chi connectivity index (χ0n) is 13.9. The third-order valence-corrected chi connectivity index (χ3v) is 4.82. The average molecular weight is 315 g/mol. The lowest BCUT2D eigenvalue weighted by molar-refractivity contribution is -0.138. The summed E-state index contributed by atoms with van der Waals surface area (Å²) in [6.07, 6.45) is 7.28. The lowest BCUT2D eigenvalue weighted by Gasteiger charge is -2.27. The molecule has 124 valence electrons. The molecule has 0 saturated carbocycles. The maximum Gasteiger partial charge on any atom is 0.349 e. The van der Waals surface area contributed by atoms with Gasteiger partial charge in [-0.15, -0.1) is 0 Å². The van der Waals surface area contributed by atoms with Crippen LogP contribution in [0.3, 0.4) is 0 Å². The number of nitriles is 1. The van der Waals surface area contributed by atoms with Gasteiger partial charge in [-0.1, -0.05) is 0 Å². The largest absolute Gasteiger partial charge is 0.462 e. The monoisotopic (exact) mass is 315 g/mol. The second-order valence-corrected chi connectivity index (χ2v) is 6.37. The second kappa shape index (κ2) is 7.08. The summed E-state index contributed by atoms with van der Waals surface area (Å²) in [5.74, 6) is -0.480. The standard InChI is InChI=1S/C18H25N3O2/c1-2-23-18(22)14(13-19)15-16(20-9-5-3-6-10-20)17(15)21-11-7-4-8-12-21/h2-12H2,1H3. The van der Waals surface area contributed by atoms with Crippen molar-refractivity contribution in [2.75, 3.05) is 32.8 Å². The molecule has 3 aliphatic rings. The Bertz CT molecular complexity index is 544. The summed E-state index contributed by atoms with van der Waals surface area (Å²) in [4.78, 5) is 16.9. The first-order valence-corrected chi connectivity index (χ1v) is 8.84. The number of piperidine rings is 2. The minimum atomic E-state index is -0.480. The van der Waals surface area contributed by atoms with Gasteiger partial charge in [0.2, 0.25) is 0 Å². The number of hydrogen-bond acceptors (Lipinski definition) is 5. The highest BCUT2D eigenvalue weighted by Crippen LogP contribution is 2.47. The maximum absolute atomic E-state index is 12.1. The van der Waals surface area contributed by atoms with Crippen molar-refractivity contribution in [2.24, 2.45) is 0 Å². The summed E-state index contributed by atoms with van der Waals surface area (Å²) in [5.41, 5.74) is 3.31. The molecule has 2 fully saturated rings. The summed E-state index contributed by atoms with van der Waals surface area (Å²) in [7, 11) is 0. The fraction of sp³-hybridized carbons (Fsp3) is 0.667. The first kappa shape index (κ1) is 15.9. The summed E-state index contributed by atoms with van der Waals surface area (Å²) < 4.78 is 5.08. The van der Waals surface area contributed by atoms with Crippen molar-refractivity contribution in [3.63, 3.8) is 0 Å². The molecule has 2 aliphatic heterocycles. The van der Waals surface area contributed by atoms with Crippen LogP contribution < -0.4 is 0 Å². The van der Waals surface area contributed by atoms with Gasteiger partial charge in [0.05, 0.1) is 23.6 Å². The Morgan fingerprint density at radius 1 is 1.00 bits per heavy atom. The van der Waals surface area contributed by atoms with Gasteiger partial charge >= 0.3 is 5.97 Å². The lowest BCUT2D eigenvalue weighted by atomic mass is 10.1. The van der Waals surface area contributed by atoms with Crippen LogP contribution in [0.2, 0.25) is 0 Å². The van der Waals surface area contributed by atoms with Crippen LogP contribution in [-0.4, -0.2) is 48.6 Å². The molecule has 1 aliphatic carbocycles. The molecule has 5 heteroatoms. The van der Waals surface area contributed by atoms with Gasteiger partial charge in [0.25, 0.3) is 0 Å². The highest BCUT2D eigenvalue weighted by atomic mass is 16.5. The molecule has 0 aromatic carbocycles. The van der Waals surface area contributed by atoms with Crippen LogP contribution in [0.1, 0.15) is 45.4 Å². The van der Waals surface area contributed by atoms with Crippen LogP contribution in [0.25, 0.3) is 0 Å². The van der Waals surface area contributed by atoms with Crippen molar-refractivity contribution in [3.05, 3.63) is 22.5 Å². The van der Waals surface area contributed by atoms with Gasteiger partial charge in [0, 0.05) is 26.2 Å². The summed E-state index contributed by atoms with van der Waals surface area (Å²) in [5, 5.41) is 9.49. The van der Waals surface area contributed by atoms with Crippen LogP contribution in [0.5, 0.6) is 0 Å². The molecule has 2 saturated heterocycles. The predicted molar refractivity (Wildman–Crippen MR) is 87.1 cm³/mol. The van der Waals surface area contributed by atoms with E-state index in [0.717, 1.165) is 43.1 Å². The highest BCUT2D eigenvalue weighted by Gasteiger charge is 2.43. The van der Waals surface area contributed by atoms with Gasteiger partial charge in [-0.2, -0.15) is 5.26 Å². The van der Waals surface area contributed by atoms with E-state index in [-0.39, 0.29) is 5.57 Å². The van der Waals surface area contributed by atoms with E-state index >= 15 is 0 Å². The fourth-order valence-electron chi connectivity index (χ4n) is 3.66. The topological polar surface area (TPSA) is 56.6 Å². The number of esters is 1. The number of carbonyl (C=O) groups excluding carboxylic acids is 1. The predicted octanol–water partition coefficient (Wildman–Crippen LogP) is 2.57. The Balaban J connectivity index is 1.89. The Hall–Kier alpha value is -1.96. The van der Waals surface area contributed by atoms with E-state index in [2.05, 4.69) is 15.9 Å². The second-order valence-electron chi connectivity index (χ2n) is 6.37. The third-order valence-electron chi connectivity index (χ3n) is 4.82. The van der Waals surface area contributed by atoms with Crippen molar-refractivity contribution in [1.29, 1.82) is 5.26 Å². The van der Waals surface area contributed by atoms with Crippen molar-refractivity contribution in [1.82, 2.24) is 9.80 Å². The van der Waals surface area contributed by atoms with E-state index in [9.17, 15) is 10.1 Å². The zero-order chi connectivity index (χ0) is 16.2. The average Bonchev–Trinajstić information content (AvgIpc) is 3.32. The first-order chi connectivity index (χ1) is 11.3. The van der Waals surface area contributed by atoms with Crippen molar-refractivity contribution in [3.8, 4) is 6.07 Å². The molecule has 0 amide bonds. The van der Waals surface area contributed by atoms with Gasteiger partial charge in [-0.05, 0) is 45.4 Å². The number of allylic oxidation sites excluding steroid dienone is 2. The van der Waals surface area contributed by atoms with Crippen molar-refractivity contribution < 1.29 is 9.53 Å². The van der Waals surface area contributed by atoms with Crippen LogP contribution in [0, 0.1) is 11.3 Å². The number of hydrogen-bond donors (Lipinski definition) is 0. The van der Waals surface area contributed by atoms with Crippen LogP contribution in [0.4, 0.5) is 0 Å². The molecule has 0 unspecified atom stereocenters. The molecule has 0 radical (unpaired) electrons. The van der Waals surface area contributed by atoms with Gasteiger partial charge in [-0.3, -0.25) is 0 Å². The van der Waals surface area contributed by atoms with E-state index in [4.69, 9.17) is 4.74 Å². The smallest absolute Gasteiger partial charge is 0.349 e. The van der Waals surface area contributed by atoms with E-state index in [1.54, 1.807) is 6.92 Å². The molecule has 2 heterocycles. The van der Waals surface area contributed by atoms with Crippen LogP contribution >= 0.6 is 0 Å². The molecule has 0 atom stereocenters. The molecule has 0 bridgehead atoms. The van der Waals surface area contributed by atoms with Crippen molar-refractivity contribution in [2.45, 2.75) is 45.4 Å². The van der Waals surface area contributed by atoms with Gasteiger partial charge in [0.1, 0.15) is 11.6 Å². The van der Waals surface area contributed by atoms with Crippen LogP contribution in [0.15, 0.2) is 22.5 Å². The van der Waals surface area contributed by atoms with E-state index in [1.807, 2.05) is 0 Å². The summed E-state index contributed by atoms with van der Waals surface area (Å²) in [6.45, 7) is 6.18. The van der Waals surface area contributed by atoms with Gasteiger partial charge < -0.3 is 14.5 Å². The third kappa shape index (κ3) is 3.21. The molecule has 3 rings (SSSR count). The van der Waals surface area contributed by atoms with E-state index < -0.39 is 5.97 Å². The Morgan fingerprint density at radius 2 is 1.48 bits per heavy atom. The van der Waals surface area contributed by atoms with Crippen molar-refractivity contribution >= 4 is 5.97 Å². The van der Waals surface area contributed by atoms with E-state index in [0.29, 0.717) is 6.61 Å². The van der Waals surface area contributed by atoms with Gasteiger partial charge in [0.15, 0.2) is 0 Å². The molecule has 0 N–H and O–H groups in total. The quantitative estimate of drug-likeness (QED) is 0.453. The number of nitrogens with zero attached hydrogens (tertiary/aromatic N) is 3. The fourth-order valence-corrected chi connectivity index (χ4v) is 3.66. The summed E-state index contributed by atoms with van der Waals surface area (Å²) >= 11 is 0. The normalized spacial score (nSPS) is 21.1. The summed E-state index contributed by atoms with van der Waals surface area (Å²) in [6, 6.07) is 2.10. The maximum atomic E-state index is 12.1. The van der Waals surface area contributed by atoms with Gasteiger partial charge in [-0.25, -0.2) is 4.79 Å². The number of carbonyl (C=O) groups is 1. The molecular formula is C18H25N3O2. The lowest BCUT2D eigenvalue weighted by Crippen LogP contribution is -2.28. The SMILES string of the molecule is CCOC(=O)C(C#N)=C1C(N2CCCCC2)=C1N1CCCCC1. The Morgan fingerprint density at radius 3 is 1.87 bits per heavy atom. The zero-order valence-corrected chi connectivity index (χ0v) is 13.9. The first-order valence-electron chi connectivity index (χ1n) is 8.84. The number of rotatable bonds is 4. The minimum Gasteiger partial charge on any atom is -0.462 e. The molecule has 0 aromatic rings. The van der Waals surface area contributed by atoms with Crippen LogP contribution in [-0.2, 0) is 9.53 Å².